The monoisotopic (exact) mass is 235 g/mol. The summed E-state index contributed by atoms with van der Waals surface area (Å²) in [5.41, 5.74) is 6.69. The van der Waals surface area contributed by atoms with Crippen molar-refractivity contribution in [3.05, 3.63) is 29.8 Å². The standard InChI is InChI=1S/C12H17N3O2/c1-3-15(8-11(16)14-2)12(17)9-4-6-10(13)7-5-9/h4-7H,3,8,13H2,1-2H3,(H,14,16). The molecule has 2 amide bonds. The molecule has 1 aromatic carbocycles. The van der Waals surface area contributed by atoms with Crippen molar-refractivity contribution in [3.8, 4) is 0 Å². The first-order valence-electron chi connectivity index (χ1n) is 5.44. The maximum Gasteiger partial charge on any atom is 0.254 e. The summed E-state index contributed by atoms with van der Waals surface area (Å²) in [4.78, 5) is 24.8. The molecule has 0 aliphatic heterocycles. The van der Waals surface area contributed by atoms with E-state index in [1.165, 1.54) is 4.90 Å². The average molecular weight is 235 g/mol. The highest BCUT2D eigenvalue weighted by Crippen LogP contribution is 2.08. The van der Waals surface area contributed by atoms with Crippen LogP contribution in [0.4, 0.5) is 5.69 Å². The minimum Gasteiger partial charge on any atom is -0.399 e. The Labute approximate surface area is 101 Å². The zero-order valence-electron chi connectivity index (χ0n) is 10.1. The second kappa shape index (κ2) is 5.89. The number of carbonyl (C=O) groups excluding carboxylic acids is 2. The van der Waals surface area contributed by atoms with Gasteiger partial charge in [0.25, 0.3) is 5.91 Å². The Morgan fingerprint density at radius 1 is 1.29 bits per heavy atom. The van der Waals surface area contributed by atoms with Gasteiger partial charge in [-0.15, -0.1) is 0 Å². The molecule has 0 unspecified atom stereocenters. The van der Waals surface area contributed by atoms with E-state index in [0.29, 0.717) is 17.8 Å². The number of rotatable bonds is 4. The minimum absolute atomic E-state index is 0.0657. The Hall–Kier alpha value is -2.04. The van der Waals surface area contributed by atoms with Gasteiger partial charge in [0, 0.05) is 24.8 Å². The second-order valence-corrected chi connectivity index (χ2v) is 3.61. The van der Waals surface area contributed by atoms with Gasteiger partial charge in [0.05, 0.1) is 6.54 Å². The fraction of sp³-hybridized carbons (Fsp3) is 0.333. The number of nitrogen functional groups attached to an aromatic ring is 1. The van der Waals surface area contributed by atoms with Crippen LogP contribution in [-0.2, 0) is 4.79 Å². The van der Waals surface area contributed by atoms with Crippen molar-refractivity contribution in [2.75, 3.05) is 25.9 Å². The molecule has 0 radical (unpaired) electrons. The quantitative estimate of drug-likeness (QED) is 0.745. The molecule has 0 atom stereocenters. The predicted octanol–water partition coefficient (Wildman–Crippen LogP) is 0.477. The van der Waals surface area contributed by atoms with E-state index in [9.17, 15) is 9.59 Å². The van der Waals surface area contributed by atoms with Gasteiger partial charge in [0.2, 0.25) is 5.91 Å². The molecule has 0 saturated heterocycles. The van der Waals surface area contributed by atoms with Crippen LogP contribution in [0.2, 0.25) is 0 Å². The fourth-order valence-electron chi connectivity index (χ4n) is 1.39. The summed E-state index contributed by atoms with van der Waals surface area (Å²) in [5, 5.41) is 2.49. The summed E-state index contributed by atoms with van der Waals surface area (Å²) in [6, 6.07) is 6.65. The van der Waals surface area contributed by atoms with Gasteiger partial charge < -0.3 is 16.0 Å². The number of likely N-dealkylation sites (N-methyl/N-ethyl adjacent to an activating group) is 2. The van der Waals surface area contributed by atoms with Crippen LogP contribution in [0.1, 0.15) is 17.3 Å². The molecule has 0 aromatic heterocycles. The summed E-state index contributed by atoms with van der Waals surface area (Å²) in [6.45, 7) is 2.38. The van der Waals surface area contributed by atoms with E-state index >= 15 is 0 Å². The number of benzene rings is 1. The third-order valence-electron chi connectivity index (χ3n) is 2.44. The van der Waals surface area contributed by atoms with E-state index in [1.807, 2.05) is 6.92 Å². The van der Waals surface area contributed by atoms with Crippen LogP contribution in [0.5, 0.6) is 0 Å². The van der Waals surface area contributed by atoms with E-state index in [4.69, 9.17) is 5.73 Å². The molecule has 1 aromatic rings. The summed E-state index contributed by atoms with van der Waals surface area (Å²) in [5.74, 6) is -0.355. The molecular weight excluding hydrogens is 218 g/mol. The zero-order valence-corrected chi connectivity index (χ0v) is 10.1. The van der Waals surface area contributed by atoms with E-state index in [1.54, 1.807) is 31.3 Å². The summed E-state index contributed by atoms with van der Waals surface area (Å²) < 4.78 is 0. The number of amides is 2. The first-order chi connectivity index (χ1) is 8.08. The number of nitrogens with zero attached hydrogens (tertiary/aromatic N) is 1. The Balaban J connectivity index is 2.78. The van der Waals surface area contributed by atoms with Crippen LogP contribution in [0, 0.1) is 0 Å². The van der Waals surface area contributed by atoms with Crippen LogP contribution >= 0.6 is 0 Å². The van der Waals surface area contributed by atoms with Crippen molar-refractivity contribution in [1.82, 2.24) is 10.2 Å². The first kappa shape index (κ1) is 13.0. The van der Waals surface area contributed by atoms with Crippen LogP contribution in [0.3, 0.4) is 0 Å². The van der Waals surface area contributed by atoms with E-state index in [2.05, 4.69) is 5.32 Å². The summed E-state index contributed by atoms with van der Waals surface area (Å²) in [6.07, 6.45) is 0. The maximum atomic E-state index is 12.0. The highest BCUT2D eigenvalue weighted by molar-refractivity contribution is 5.96. The van der Waals surface area contributed by atoms with Gasteiger partial charge in [-0.25, -0.2) is 0 Å². The number of hydrogen-bond acceptors (Lipinski definition) is 3. The van der Waals surface area contributed by atoms with Crippen molar-refractivity contribution in [1.29, 1.82) is 0 Å². The number of nitrogens with two attached hydrogens (primary N) is 1. The Morgan fingerprint density at radius 3 is 2.35 bits per heavy atom. The SMILES string of the molecule is CCN(CC(=O)NC)C(=O)c1ccc(N)cc1. The van der Waals surface area contributed by atoms with Crippen molar-refractivity contribution in [3.63, 3.8) is 0 Å². The van der Waals surface area contributed by atoms with E-state index in [0.717, 1.165) is 0 Å². The summed E-state index contributed by atoms with van der Waals surface area (Å²) >= 11 is 0. The maximum absolute atomic E-state index is 12.0. The van der Waals surface area contributed by atoms with Crippen molar-refractivity contribution in [2.24, 2.45) is 0 Å². The average Bonchev–Trinajstić information content (AvgIpc) is 2.35. The van der Waals surface area contributed by atoms with Gasteiger partial charge in [0.15, 0.2) is 0 Å². The van der Waals surface area contributed by atoms with E-state index < -0.39 is 0 Å². The largest absolute Gasteiger partial charge is 0.399 e. The number of carbonyl (C=O) groups is 2. The number of anilines is 1. The zero-order chi connectivity index (χ0) is 12.8. The molecule has 3 N–H and O–H groups in total. The van der Waals surface area contributed by atoms with E-state index in [-0.39, 0.29) is 18.4 Å². The lowest BCUT2D eigenvalue weighted by Gasteiger charge is -2.19. The molecule has 17 heavy (non-hydrogen) atoms. The Kier molecular flexibility index (Phi) is 4.51. The van der Waals surface area contributed by atoms with Gasteiger partial charge in [0.1, 0.15) is 0 Å². The Morgan fingerprint density at radius 2 is 1.88 bits per heavy atom. The lowest BCUT2D eigenvalue weighted by molar-refractivity contribution is -0.121. The van der Waals surface area contributed by atoms with Crippen LogP contribution in [-0.4, -0.2) is 36.9 Å². The van der Waals surface area contributed by atoms with Gasteiger partial charge in [-0.3, -0.25) is 9.59 Å². The molecule has 0 fully saturated rings. The fourth-order valence-corrected chi connectivity index (χ4v) is 1.39. The van der Waals surface area contributed by atoms with Crippen LogP contribution in [0.15, 0.2) is 24.3 Å². The van der Waals surface area contributed by atoms with Gasteiger partial charge in [-0.05, 0) is 31.2 Å². The first-order valence-corrected chi connectivity index (χ1v) is 5.44. The second-order valence-electron chi connectivity index (χ2n) is 3.61. The molecule has 5 nitrogen and oxygen atoms in total. The van der Waals surface area contributed by atoms with Crippen molar-refractivity contribution >= 4 is 17.5 Å². The molecule has 0 bridgehead atoms. The molecule has 0 aliphatic rings. The lowest BCUT2D eigenvalue weighted by Crippen LogP contribution is -2.39. The lowest BCUT2D eigenvalue weighted by atomic mass is 10.2. The molecule has 0 aliphatic carbocycles. The highest BCUT2D eigenvalue weighted by Gasteiger charge is 2.16. The van der Waals surface area contributed by atoms with Gasteiger partial charge in [-0.2, -0.15) is 0 Å². The van der Waals surface area contributed by atoms with Gasteiger partial charge >= 0.3 is 0 Å². The topological polar surface area (TPSA) is 75.4 Å². The minimum atomic E-state index is -0.185. The van der Waals surface area contributed by atoms with Gasteiger partial charge in [-0.1, -0.05) is 0 Å². The number of nitrogens with one attached hydrogen (secondary N) is 1. The Bertz CT molecular complexity index is 401. The van der Waals surface area contributed by atoms with Crippen molar-refractivity contribution in [2.45, 2.75) is 6.92 Å². The molecule has 0 saturated carbocycles. The molecule has 0 heterocycles. The van der Waals surface area contributed by atoms with Crippen molar-refractivity contribution < 1.29 is 9.59 Å². The predicted molar refractivity (Wildman–Crippen MR) is 66.5 cm³/mol. The normalized spacial score (nSPS) is 9.76. The number of hydrogen-bond donors (Lipinski definition) is 2. The third-order valence-corrected chi connectivity index (χ3v) is 2.44. The highest BCUT2D eigenvalue weighted by atomic mass is 16.2. The smallest absolute Gasteiger partial charge is 0.254 e. The van der Waals surface area contributed by atoms with Crippen LogP contribution in [0.25, 0.3) is 0 Å². The molecule has 1 rings (SSSR count). The third kappa shape index (κ3) is 3.48. The molecule has 5 heteroatoms. The summed E-state index contributed by atoms with van der Waals surface area (Å²) in [7, 11) is 1.55. The molecule has 92 valence electrons. The molecular formula is C12H17N3O2. The molecule has 0 spiro atoms. The van der Waals surface area contributed by atoms with Crippen LogP contribution < -0.4 is 11.1 Å².